The summed E-state index contributed by atoms with van der Waals surface area (Å²) in [6.45, 7) is 2.04. The summed E-state index contributed by atoms with van der Waals surface area (Å²) in [7, 11) is 3.21. The van der Waals surface area contributed by atoms with Gasteiger partial charge in [0.2, 0.25) is 11.8 Å². The van der Waals surface area contributed by atoms with E-state index in [-0.39, 0.29) is 17.9 Å². The number of nitrogens with one attached hydrogen (secondary N) is 2. The first-order valence-electron chi connectivity index (χ1n) is 12.2. The number of aryl methyl sites for hydroxylation is 1. The van der Waals surface area contributed by atoms with Crippen molar-refractivity contribution in [1.29, 1.82) is 0 Å². The summed E-state index contributed by atoms with van der Waals surface area (Å²) in [6, 6.07) is 17.4. The number of methoxy groups -OCH3 is 2. The molecule has 1 aromatic heterocycles. The molecular formula is C29H33N3O4. The highest BCUT2D eigenvalue weighted by Gasteiger charge is 2.38. The summed E-state index contributed by atoms with van der Waals surface area (Å²) < 4.78 is 10.8. The molecule has 36 heavy (non-hydrogen) atoms. The molecule has 1 fully saturated rings. The van der Waals surface area contributed by atoms with E-state index in [4.69, 9.17) is 9.47 Å². The van der Waals surface area contributed by atoms with Gasteiger partial charge in [0, 0.05) is 30.8 Å². The SMILES string of the molecule is COc1ccc(C[C@]2(CCC(=O)N[C@@H](c3ccncc3)c3ccccc3C)CCC(=O)N2)cc1OC. The molecule has 2 aromatic carbocycles. The van der Waals surface area contributed by atoms with Gasteiger partial charge in [-0.15, -0.1) is 0 Å². The van der Waals surface area contributed by atoms with Crippen molar-refractivity contribution in [1.82, 2.24) is 15.6 Å². The van der Waals surface area contributed by atoms with Crippen LogP contribution in [0, 0.1) is 6.92 Å². The number of aromatic nitrogens is 1. The number of benzene rings is 2. The van der Waals surface area contributed by atoms with Crippen molar-refractivity contribution in [3.63, 3.8) is 0 Å². The van der Waals surface area contributed by atoms with Crippen molar-refractivity contribution in [3.05, 3.63) is 89.2 Å². The van der Waals surface area contributed by atoms with Crippen LogP contribution in [0.25, 0.3) is 0 Å². The highest BCUT2D eigenvalue weighted by atomic mass is 16.5. The Bertz CT molecular complexity index is 1210. The second kappa shape index (κ2) is 11.2. The molecule has 0 unspecified atom stereocenters. The fourth-order valence-corrected chi connectivity index (χ4v) is 4.96. The first kappa shape index (κ1) is 25.2. The zero-order valence-corrected chi connectivity index (χ0v) is 21.0. The lowest BCUT2D eigenvalue weighted by molar-refractivity contribution is -0.123. The molecule has 2 heterocycles. The topological polar surface area (TPSA) is 89.5 Å². The lowest BCUT2D eigenvalue weighted by Gasteiger charge is -2.30. The molecule has 0 radical (unpaired) electrons. The number of amides is 2. The Morgan fingerprint density at radius 2 is 1.83 bits per heavy atom. The largest absolute Gasteiger partial charge is 0.493 e. The Morgan fingerprint density at radius 1 is 1.08 bits per heavy atom. The van der Waals surface area contributed by atoms with Crippen LogP contribution < -0.4 is 20.1 Å². The number of hydrogen-bond acceptors (Lipinski definition) is 5. The van der Waals surface area contributed by atoms with Crippen molar-refractivity contribution in [2.24, 2.45) is 0 Å². The Hall–Kier alpha value is -3.87. The Labute approximate surface area is 212 Å². The van der Waals surface area contributed by atoms with E-state index in [0.717, 1.165) is 22.3 Å². The predicted molar refractivity (Wildman–Crippen MR) is 138 cm³/mol. The molecule has 7 nitrogen and oxygen atoms in total. The smallest absolute Gasteiger partial charge is 0.220 e. The highest BCUT2D eigenvalue weighted by Crippen LogP contribution is 2.34. The summed E-state index contributed by atoms with van der Waals surface area (Å²) >= 11 is 0. The van der Waals surface area contributed by atoms with E-state index < -0.39 is 5.54 Å². The van der Waals surface area contributed by atoms with Crippen LogP contribution in [0.15, 0.2) is 67.0 Å². The molecule has 0 saturated carbocycles. The van der Waals surface area contributed by atoms with Gasteiger partial charge in [0.15, 0.2) is 11.5 Å². The number of hydrogen-bond donors (Lipinski definition) is 2. The number of nitrogens with zero attached hydrogens (tertiary/aromatic N) is 1. The lowest BCUT2D eigenvalue weighted by atomic mass is 9.84. The van der Waals surface area contributed by atoms with Gasteiger partial charge in [-0.2, -0.15) is 0 Å². The minimum absolute atomic E-state index is 0.0189. The molecule has 1 aliphatic heterocycles. The van der Waals surface area contributed by atoms with Gasteiger partial charge in [0.05, 0.1) is 20.3 Å². The standard InChI is InChI=1S/C29H33N3O4/c1-20-6-4-5-7-23(20)28(22-12-16-30-17-13-22)31-26(33)10-14-29(15-11-27(34)32-29)19-21-8-9-24(35-2)25(18-21)36-3/h4-9,12-13,16-18,28H,10-11,14-15,19H2,1-3H3,(H,31,33)(H,32,34)/t28-,29-/m0/s1. The zero-order chi connectivity index (χ0) is 25.5. The molecule has 4 rings (SSSR count). The maximum Gasteiger partial charge on any atom is 0.220 e. The van der Waals surface area contributed by atoms with Crippen LogP contribution in [0.5, 0.6) is 11.5 Å². The molecular weight excluding hydrogens is 454 g/mol. The van der Waals surface area contributed by atoms with E-state index in [1.165, 1.54) is 0 Å². The van der Waals surface area contributed by atoms with Gasteiger partial charge in [-0.1, -0.05) is 30.3 Å². The van der Waals surface area contributed by atoms with Crippen LogP contribution in [-0.4, -0.2) is 36.6 Å². The fourth-order valence-electron chi connectivity index (χ4n) is 4.96. The van der Waals surface area contributed by atoms with E-state index in [1.807, 2.05) is 61.5 Å². The molecule has 2 atom stereocenters. The summed E-state index contributed by atoms with van der Waals surface area (Å²) in [4.78, 5) is 29.6. The summed E-state index contributed by atoms with van der Waals surface area (Å²) in [5.74, 6) is 1.26. The summed E-state index contributed by atoms with van der Waals surface area (Å²) in [5, 5.41) is 6.39. The normalized spacial score (nSPS) is 17.8. The van der Waals surface area contributed by atoms with E-state index >= 15 is 0 Å². The third-order valence-electron chi connectivity index (χ3n) is 6.90. The summed E-state index contributed by atoms with van der Waals surface area (Å²) in [5.41, 5.74) is 3.66. The van der Waals surface area contributed by atoms with Crippen LogP contribution in [-0.2, 0) is 16.0 Å². The molecule has 188 valence electrons. The van der Waals surface area contributed by atoms with E-state index in [2.05, 4.69) is 15.6 Å². The van der Waals surface area contributed by atoms with Crippen LogP contribution in [0.1, 0.15) is 54.0 Å². The molecule has 2 N–H and O–H groups in total. The Morgan fingerprint density at radius 3 is 2.50 bits per heavy atom. The Balaban J connectivity index is 1.50. The molecule has 0 aliphatic carbocycles. The third kappa shape index (κ3) is 5.85. The van der Waals surface area contributed by atoms with E-state index in [0.29, 0.717) is 43.6 Å². The maximum absolute atomic E-state index is 13.3. The number of carbonyl (C=O) groups excluding carboxylic acids is 2. The highest BCUT2D eigenvalue weighted by molar-refractivity contribution is 5.80. The quantitative estimate of drug-likeness (QED) is 0.446. The van der Waals surface area contributed by atoms with Gasteiger partial charge in [-0.25, -0.2) is 0 Å². The summed E-state index contributed by atoms with van der Waals surface area (Å²) in [6.07, 6.45) is 6.05. The molecule has 2 amide bonds. The molecule has 0 bridgehead atoms. The van der Waals surface area contributed by atoms with Crippen molar-refractivity contribution >= 4 is 11.8 Å². The van der Waals surface area contributed by atoms with Crippen molar-refractivity contribution in [2.75, 3.05) is 14.2 Å². The minimum atomic E-state index is -0.483. The average Bonchev–Trinajstić information content (AvgIpc) is 3.27. The first-order chi connectivity index (χ1) is 17.4. The number of ether oxygens (including phenoxy) is 2. The van der Waals surface area contributed by atoms with Gasteiger partial charge in [0.25, 0.3) is 0 Å². The number of rotatable bonds is 10. The molecule has 0 spiro atoms. The van der Waals surface area contributed by atoms with Crippen molar-refractivity contribution < 1.29 is 19.1 Å². The van der Waals surface area contributed by atoms with Crippen LogP contribution in [0.2, 0.25) is 0 Å². The number of pyridine rings is 1. The van der Waals surface area contributed by atoms with Crippen molar-refractivity contribution in [2.45, 2.75) is 50.6 Å². The van der Waals surface area contributed by atoms with Gasteiger partial charge in [-0.3, -0.25) is 14.6 Å². The van der Waals surface area contributed by atoms with Crippen LogP contribution >= 0.6 is 0 Å². The van der Waals surface area contributed by atoms with Crippen LogP contribution in [0.4, 0.5) is 0 Å². The average molecular weight is 488 g/mol. The van der Waals surface area contributed by atoms with Crippen LogP contribution in [0.3, 0.4) is 0 Å². The maximum atomic E-state index is 13.3. The first-order valence-corrected chi connectivity index (χ1v) is 12.2. The third-order valence-corrected chi connectivity index (χ3v) is 6.90. The zero-order valence-electron chi connectivity index (χ0n) is 21.0. The molecule has 3 aromatic rings. The van der Waals surface area contributed by atoms with Gasteiger partial charge >= 0.3 is 0 Å². The van der Waals surface area contributed by atoms with Crippen molar-refractivity contribution in [3.8, 4) is 11.5 Å². The monoisotopic (exact) mass is 487 g/mol. The van der Waals surface area contributed by atoms with E-state index in [1.54, 1.807) is 26.6 Å². The van der Waals surface area contributed by atoms with E-state index in [9.17, 15) is 9.59 Å². The number of carbonyl (C=O) groups is 2. The molecule has 7 heteroatoms. The Kier molecular flexibility index (Phi) is 7.88. The lowest BCUT2D eigenvalue weighted by Crippen LogP contribution is -2.44. The van der Waals surface area contributed by atoms with Gasteiger partial charge in [-0.05, 0) is 72.7 Å². The minimum Gasteiger partial charge on any atom is -0.493 e. The van der Waals surface area contributed by atoms with Gasteiger partial charge in [0.1, 0.15) is 0 Å². The predicted octanol–water partition coefficient (Wildman–Crippen LogP) is 4.28. The second-order valence-corrected chi connectivity index (χ2v) is 9.33. The second-order valence-electron chi connectivity index (χ2n) is 9.33. The molecule has 1 aliphatic rings. The fraction of sp³-hybridized carbons (Fsp3) is 0.345. The molecule has 1 saturated heterocycles. The van der Waals surface area contributed by atoms with Gasteiger partial charge < -0.3 is 20.1 Å².